The van der Waals surface area contributed by atoms with Gasteiger partial charge < -0.3 is 4.74 Å². The van der Waals surface area contributed by atoms with Gasteiger partial charge in [-0.25, -0.2) is 18.1 Å². The molecule has 0 amide bonds. The molecule has 0 saturated heterocycles. The van der Waals surface area contributed by atoms with Gasteiger partial charge in [-0.3, -0.25) is 0 Å². The molecule has 1 rings (SSSR count). The van der Waals surface area contributed by atoms with Crippen molar-refractivity contribution in [1.82, 2.24) is 9.71 Å². The number of nitrogens with one attached hydrogen (secondary N) is 1. The zero-order valence-electron chi connectivity index (χ0n) is 10.2. The van der Waals surface area contributed by atoms with E-state index in [1.165, 1.54) is 7.11 Å². The Hall–Kier alpha value is -0.850. The van der Waals surface area contributed by atoms with Crippen LogP contribution >= 0.6 is 11.6 Å². The smallest absolute Gasteiger partial charge is 0.213 e. The van der Waals surface area contributed by atoms with E-state index < -0.39 is 10.0 Å². The Morgan fingerprint density at radius 1 is 1.44 bits per heavy atom. The van der Waals surface area contributed by atoms with Crippen LogP contribution in [0.5, 0.6) is 5.88 Å². The Balaban J connectivity index is 2.48. The van der Waals surface area contributed by atoms with E-state index in [1.54, 1.807) is 18.3 Å². The van der Waals surface area contributed by atoms with Crippen molar-refractivity contribution in [3.63, 3.8) is 0 Å². The Kier molecular flexibility index (Phi) is 6.38. The summed E-state index contributed by atoms with van der Waals surface area (Å²) in [6, 6.07) is 3.44. The van der Waals surface area contributed by atoms with E-state index in [1.807, 2.05) is 0 Å². The average Bonchev–Trinajstić information content (AvgIpc) is 2.37. The summed E-state index contributed by atoms with van der Waals surface area (Å²) in [5, 5.41) is 0. The molecular formula is C11H17ClN2O3S. The summed E-state index contributed by atoms with van der Waals surface area (Å²) in [7, 11) is -1.73. The Labute approximate surface area is 113 Å². The summed E-state index contributed by atoms with van der Waals surface area (Å²) in [5.41, 5.74) is 0.808. The molecule has 1 aromatic heterocycles. The molecule has 0 unspecified atom stereocenters. The monoisotopic (exact) mass is 292 g/mol. The largest absolute Gasteiger partial charge is 0.481 e. The standard InChI is InChI=1S/C11H17ClN2O3S/c1-17-11-8-10(4-6-13-11)9-14-18(15,16)7-3-2-5-12/h4,6,8,14H,2-3,5,7,9H2,1H3. The van der Waals surface area contributed by atoms with Gasteiger partial charge in [-0.1, -0.05) is 0 Å². The molecule has 102 valence electrons. The van der Waals surface area contributed by atoms with Crippen LogP contribution in [0.2, 0.25) is 0 Å². The highest BCUT2D eigenvalue weighted by Crippen LogP contribution is 2.08. The van der Waals surface area contributed by atoms with Gasteiger partial charge in [-0.15, -0.1) is 11.6 Å². The van der Waals surface area contributed by atoms with Gasteiger partial charge in [0.05, 0.1) is 12.9 Å². The molecule has 5 nitrogen and oxygen atoms in total. The molecule has 7 heteroatoms. The van der Waals surface area contributed by atoms with Gasteiger partial charge in [0.15, 0.2) is 0 Å². The number of unbranched alkanes of at least 4 members (excludes halogenated alkanes) is 1. The highest BCUT2D eigenvalue weighted by atomic mass is 35.5. The maximum absolute atomic E-state index is 11.6. The first kappa shape index (κ1) is 15.2. The lowest BCUT2D eigenvalue weighted by atomic mass is 10.3. The van der Waals surface area contributed by atoms with Crippen LogP contribution in [0.4, 0.5) is 0 Å². The van der Waals surface area contributed by atoms with E-state index in [4.69, 9.17) is 16.3 Å². The number of methoxy groups -OCH3 is 1. The fourth-order valence-electron chi connectivity index (χ4n) is 1.32. The molecule has 0 radical (unpaired) electrons. The van der Waals surface area contributed by atoms with Crippen molar-refractivity contribution < 1.29 is 13.2 Å². The van der Waals surface area contributed by atoms with Crippen LogP contribution in [0.15, 0.2) is 18.3 Å². The van der Waals surface area contributed by atoms with Gasteiger partial charge in [0, 0.05) is 24.7 Å². The van der Waals surface area contributed by atoms with Gasteiger partial charge in [0.1, 0.15) is 0 Å². The van der Waals surface area contributed by atoms with Gasteiger partial charge in [-0.05, 0) is 24.5 Å². The highest BCUT2D eigenvalue weighted by molar-refractivity contribution is 7.89. The molecule has 0 aliphatic carbocycles. The van der Waals surface area contributed by atoms with E-state index in [0.29, 0.717) is 24.6 Å². The van der Waals surface area contributed by atoms with Crippen molar-refractivity contribution in [3.8, 4) is 5.88 Å². The molecule has 0 saturated carbocycles. The Morgan fingerprint density at radius 2 is 2.22 bits per heavy atom. The first-order valence-electron chi connectivity index (χ1n) is 5.59. The predicted octanol–water partition coefficient (Wildman–Crippen LogP) is 1.53. The summed E-state index contributed by atoms with van der Waals surface area (Å²) in [6.07, 6.45) is 2.85. The van der Waals surface area contributed by atoms with Crippen molar-refractivity contribution in [2.24, 2.45) is 0 Å². The molecule has 0 atom stereocenters. The second-order valence-electron chi connectivity index (χ2n) is 3.74. The molecule has 1 aromatic rings. The number of ether oxygens (including phenoxy) is 1. The second kappa shape index (κ2) is 7.56. The zero-order valence-corrected chi connectivity index (χ0v) is 11.8. The summed E-state index contributed by atoms with van der Waals surface area (Å²) in [5.74, 6) is 1.05. The molecule has 0 aliphatic heterocycles. The molecule has 1 heterocycles. The number of rotatable bonds is 8. The normalized spacial score (nSPS) is 11.4. The van der Waals surface area contributed by atoms with Crippen LogP contribution in [-0.4, -0.2) is 32.1 Å². The molecule has 0 bridgehead atoms. The number of sulfonamides is 1. The number of alkyl halides is 1. The van der Waals surface area contributed by atoms with E-state index >= 15 is 0 Å². The number of nitrogens with zero attached hydrogens (tertiary/aromatic N) is 1. The third-order valence-corrected chi connectivity index (χ3v) is 3.98. The molecule has 1 N–H and O–H groups in total. The van der Waals surface area contributed by atoms with Gasteiger partial charge in [0.25, 0.3) is 0 Å². The van der Waals surface area contributed by atoms with Crippen molar-refractivity contribution in [2.75, 3.05) is 18.7 Å². The summed E-state index contributed by atoms with van der Waals surface area (Å²) < 4.78 is 30.8. The lowest BCUT2D eigenvalue weighted by Crippen LogP contribution is -2.26. The minimum absolute atomic E-state index is 0.0991. The zero-order chi connectivity index (χ0) is 13.4. The molecular weight excluding hydrogens is 276 g/mol. The lowest BCUT2D eigenvalue weighted by Gasteiger charge is -2.07. The minimum atomic E-state index is -3.24. The van der Waals surface area contributed by atoms with Crippen LogP contribution in [0.3, 0.4) is 0 Å². The van der Waals surface area contributed by atoms with Crippen LogP contribution in [0.25, 0.3) is 0 Å². The SMILES string of the molecule is COc1cc(CNS(=O)(=O)CCCCCl)ccn1. The second-order valence-corrected chi connectivity index (χ2v) is 6.05. The van der Waals surface area contributed by atoms with Crippen LogP contribution in [0.1, 0.15) is 18.4 Å². The first-order chi connectivity index (χ1) is 8.57. The number of halogens is 1. The maximum atomic E-state index is 11.6. The Bertz CT molecular complexity index is 465. The van der Waals surface area contributed by atoms with Crippen LogP contribution < -0.4 is 9.46 Å². The highest BCUT2D eigenvalue weighted by Gasteiger charge is 2.09. The van der Waals surface area contributed by atoms with Gasteiger partial charge >= 0.3 is 0 Å². The minimum Gasteiger partial charge on any atom is -0.481 e. The van der Waals surface area contributed by atoms with E-state index in [-0.39, 0.29) is 12.3 Å². The molecule has 0 spiro atoms. The summed E-state index contributed by atoms with van der Waals surface area (Å²) in [4.78, 5) is 3.95. The van der Waals surface area contributed by atoms with Gasteiger partial charge in [-0.2, -0.15) is 0 Å². The molecule has 0 aromatic carbocycles. The summed E-state index contributed by atoms with van der Waals surface area (Å²) >= 11 is 5.50. The first-order valence-corrected chi connectivity index (χ1v) is 7.78. The molecule has 0 aliphatic rings. The van der Waals surface area contributed by atoms with Crippen molar-refractivity contribution in [1.29, 1.82) is 0 Å². The van der Waals surface area contributed by atoms with E-state index in [9.17, 15) is 8.42 Å². The lowest BCUT2D eigenvalue weighted by molar-refractivity contribution is 0.397. The van der Waals surface area contributed by atoms with Crippen molar-refractivity contribution >= 4 is 21.6 Å². The van der Waals surface area contributed by atoms with Gasteiger partial charge in [0.2, 0.25) is 15.9 Å². The Morgan fingerprint density at radius 3 is 2.89 bits per heavy atom. The third-order valence-electron chi connectivity index (χ3n) is 2.30. The van der Waals surface area contributed by atoms with Crippen LogP contribution in [-0.2, 0) is 16.6 Å². The predicted molar refractivity (Wildman–Crippen MR) is 71.4 cm³/mol. The average molecular weight is 293 g/mol. The number of hydrogen-bond acceptors (Lipinski definition) is 4. The molecule has 0 fully saturated rings. The number of pyridine rings is 1. The fourth-order valence-corrected chi connectivity index (χ4v) is 2.63. The van der Waals surface area contributed by atoms with E-state index in [0.717, 1.165) is 5.56 Å². The van der Waals surface area contributed by atoms with Crippen LogP contribution in [0, 0.1) is 0 Å². The quantitative estimate of drug-likeness (QED) is 0.583. The molecule has 18 heavy (non-hydrogen) atoms. The fraction of sp³-hybridized carbons (Fsp3) is 0.545. The van der Waals surface area contributed by atoms with Crippen molar-refractivity contribution in [3.05, 3.63) is 23.9 Å². The summed E-state index contributed by atoms with van der Waals surface area (Å²) in [6.45, 7) is 0.238. The number of hydrogen-bond donors (Lipinski definition) is 1. The topological polar surface area (TPSA) is 68.3 Å². The number of aromatic nitrogens is 1. The van der Waals surface area contributed by atoms with E-state index in [2.05, 4.69) is 9.71 Å². The van der Waals surface area contributed by atoms with Crippen molar-refractivity contribution in [2.45, 2.75) is 19.4 Å². The third kappa shape index (κ3) is 5.66. The maximum Gasteiger partial charge on any atom is 0.213 e.